The molecule has 102 valence electrons. The second-order valence-corrected chi connectivity index (χ2v) is 3.95. The number of carbonyl (C=O) groups excluding carboxylic acids is 1. The van der Waals surface area contributed by atoms with Crippen LogP contribution < -0.4 is 5.32 Å². The summed E-state index contributed by atoms with van der Waals surface area (Å²) in [7, 11) is 0. The molecular formula is C14H13N3O3. The zero-order valence-corrected chi connectivity index (χ0v) is 10.9. The molecule has 1 aromatic heterocycles. The summed E-state index contributed by atoms with van der Waals surface area (Å²) < 4.78 is 9.85. The number of aromatic nitrogens is 1. The SMILES string of the molecule is CCOC(=O)c1cc(CNc2cccc(C#N)c2)on1. The number of rotatable bonds is 5. The zero-order valence-electron chi connectivity index (χ0n) is 10.9. The van der Waals surface area contributed by atoms with E-state index in [1.165, 1.54) is 6.07 Å². The Morgan fingerprint density at radius 1 is 1.50 bits per heavy atom. The predicted octanol–water partition coefficient (Wildman–Crippen LogP) is 2.34. The predicted molar refractivity (Wildman–Crippen MR) is 70.9 cm³/mol. The average molecular weight is 271 g/mol. The van der Waals surface area contributed by atoms with Crippen LogP contribution in [0.5, 0.6) is 0 Å². The molecule has 0 saturated heterocycles. The van der Waals surface area contributed by atoms with Crippen LogP contribution in [0.3, 0.4) is 0 Å². The second-order valence-electron chi connectivity index (χ2n) is 3.95. The third kappa shape index (κ3) is 3.36. The first-order valence-electron chi connectivity index (χ1n) is 6.09. The number of anilines is 1. The van der Waals surface area contributed by atoms with Gasteiger partial charge in [-0.2, -0.15) is 5.26 Å². The van der Waals surface area contributed by atoms with Gasteiger partial charge in [0.2, 0.25) is 0 Å². The molecule has 0 amide bonds. The summed E-state index contributed by atoms with van der Waals surface area (Å²) in [5, 5.41) is 15.5. The summed E-state index contributed by atoms with van der Waals surface area (Å²) in [5.41, 5.74) is 1.51. The molecule has 2 rings (SSSR count). The molecule has 0 saturated carbocycles. The van der Waals surface area contributed by atoms with Crippen molar-refractivity contribution in [3.8, 4) is 6.07 Å². The number of hydrogen-bond acceptors (Lipinski definition) is 6. The van der Waals surface area contributed by atoms with E-state index in [1.807, 2.05) is 6.07 Å². The van der Waals surface area contributed by atoms with Gasteiger partial charge in [0.25, 0.3) is 0 Å². The van der Waals surface area contributed by atoms with E-state index < -0.39 is 5.97 Å². The monoisotopic (exact) mass is 271 g/mol. The fourth-order valence-electron chi connectivity index (χ4n) is 1.59. The van der Waals surface area contributed by atoms with Gasteiger partial charge < -0.3 is 14.6 Å². The summed E-state index contributed by atoms with van der Waals surface area (Å²) in [6, 6.07) is 10.7. The van der Waals surface area contributed by atoms with E-state index in [2.05, 4.69) is 16.5 Å². The van der Waals surface area contributed by atoms with Crippen molar-refractivity contribution in [2.24, 2.45) is 0 Å². The Bertz CT molecular complexity index is 643. The van der Waals surface area contributed by atoms with Crippen molar-refractivity contribution in [1.29, 1.82) is 5.26 Å². The number of esters is 1. The van der Waals surface area contributed by atoms with Crippen LogP contribution in [-0.4, -0.2) is 17.7 Å². The first-order valence-corrected chi connectivity index (χ1v) is 6.09. The summed E-state index contributed by atoms with van der Waals surface area (Å²) in [5.74, 6) is 0.00407. The minimum Gasteiger partial charge on any atom is -0.461 e. The molecule has 0 aliphatic heterocycles. The Morgan fingerprint density at radius 3 is 3.10 bits per heavy atom. The first kappa shape index (κ1) is 13.6. The van der Waals surface area contributed by atoms with Crippen molar-refractivity contribution in [1.82, 2.24) is 5.16 Å². The van der Waals surface area contributed by atoms with E-state index >= 15 is 0 Å². The van der Waals surface area contributed by atoms with Crippen LogP contribution in [0.1, 0.15) is 28.7 Å². The minimum atomic E-state index is -0.506. The Hall–Kier alpha value is -2.81. The maximum absolute atomic E-state index is 11.4. The van der Waals surface area contributed by atoms with Gasteiger partial charge >= 0.3 is 5.97 Å². The molecule has 1 heterocycles. The third-order valence-electron chi connectivity index (χ3n) is 2.50. The molecule has 0 spiro atoms. The lowest BCUT2D eigenvalue weighted by Gasteiger charge is -2.03. The Kier molecular flexibility index (Phi) is 4.35. The van der Waals surface area contributed by atoms with Crippen LogP contribution in [0.25, 0.3) is 0 Å². The Balaban J connectivity index is 1.97. The number of nitrogens with zero attached hydrogens (tertiary/aromatic N) is 2. The molecule has 1 N–H and O–H groups in total. The molecule has 0 fully saturated rings. The molecular weight excluding hydrogens is 258 g/mol. The smallest absolute Gasteiger partial charge is 0.360 e. The van der Waals surface area contributed by atoms with Gasteiger partial charge in [0.15, 0.2) is 11.5 Å². The fraction of sp³-hybridized carbons (Fsp3) is 0.214. The summed E-state index contributed by atoms with van der Waals surface area (Å²) in [6.45, 7) is 2.38. The highest BCUT2D eigenvalue weighted by molar-refractivity contribution is 5.87. The lowest BCUT2D eigenvalue weighted by molar-refractivity contribution is 0.0514. The van der Waals surface area contributed by atoms with E-state index in [1.54, 1.807) is 25.1 Å². The van der Waals surface area contributed by atoms with Crippen LogP contribution in [0.2, 0.25) is 0 Å². The molecule has 0 aliphatic carbocycles. The molecule has 6 nitrogen and oxygen atoms in total. The molecule has 1 aromatic carbocycles. The van der Waals surface area contributed by atoms with Crippen molar-refractivity contribution in [2.75, 3.05) is 11.9 Å². The molecule has 2 aromatic rings. The van der Waals surface area contributed by atoms with Crippen LogP contribution in [0, 0.1) is 11.3 Å². The van der Waals surface area contributed by atoms with Gasteiger partial charge in [-0.15, -0.1) is 0 Å². The maximum atomic E-state index is 11.4. The number of carbonyl (C=O) groups is 1. The molecule has 20 heavy (non-hydrogen) atoms. The number of benzene rings is 1. The van der Waals surface area contributed by atoms with Crippen molar-refractivity contribution in [3.05, 3.63) is 47.3 Å². The molecule has 0 atom stereocenters. The van der Waals surface area contributed by atoms with E-state index in [-0.39, 0.29) is 5.69 Å². The van der Waals surface area contributed by atoms with Gasteiger partial charge in [-0.25, -0.2) is 4.79 Å². The quantitative estimate of drug-likeness (QED) is 0.840. The van der Waals surface area contributed by atoms with Gasteiger partial charge in [0.1, 0.15) is 0 Å². The van der Waals surface area contributed by atoms with Crippen LogP contribution in [0.15, 0.2) is 34.9 Å². The van der Waals surface area contributed by atoms with E-state index in [9.17, 15) is 4.79 Å². The highest BCUT2D eigenvalue weighted by Gasteiger charge is 2.13. The van der Waals surface area contributed by atoms with Gasteiger partial charge in [-0.05, 0) is 25.1 Å². The minimum absolute atomic E-state index is 0.148. The molecule has 0 bridgehead atoms. The molecule has 0 radical (unpaired) electrons. The first-order chi connectivity index (χ1) is 9.72. The number of hydrogen-bond donors (Lipinski definition) is 1. The van der Waals surface area contributed by atoms with Gasteiger partial charge in [-0.3, -0.25) is 0 Å². The lowest BCUT2D eigenvalue weighted by atomic mass is 10.2. The molecule has 0 aliphatic rings. The van der Waals surface area contributed by atoms with Crippen molar-refractivity contribution in [3.63, 3.8) is 0 Å². The number of nitrogens with one attached hydrogen (secondary N) is 1. The van der Waals surface area contributed by atoms with E-state index in [0.29, 0.717) is 24.5 Å². The highest BCUT2D eigenvalue weighted by atomic mass is 16.5. The maximum Gasteiger partial charge on any atom is 0.360 e. The van der Waals surface area contributed by atoms with Crippen molar-refractivity contribution >= 4 is 11.7 Å². The van der Waals surface area contributed by atoms with Crippen LogP contribution in [0.4, 0.5) is 5.69 Å². The van der Waals surface area contributed by atoms with Gasteiger partial charge in [0.05, 0.1) is 24.8 Å². The third-order valence-corrected chi connectivity index (χ3v) is 2.50. The van der Waals surface area contributed by atoms with Crippen molar-refractivity contribution in [2.45, 2.75) is 13.5 Å². The summed E-state index contributed by atoms with van der Waals surface area (Å²) >= 11 is 0. The zero-order chi connectivity index (χ0) is 14.4. The van der Waals surface area contributed by atoms with Crippen LogP contribution in [-0.2, 0) is 11.3 Å². The largest absolute Gasteiger partial charge is 0.461 e. The topological polar surface area (TPSA) is 88.1 Å². The highest BCUT2D eigenvalue weighted by Crippen LogP contribution is 2.12. The molecule has 0 unspecified atom stereocenters. The Morgan fingerprint density at radius 2 is 2.35 bits per heavy atom. The summed E-state index contributed by atoms with van der Waals surface area (Å²) in [6.07, 6.45) is 0. The van der Waals surface area contributed by atoms with Gasteiger partial charge in [-0.1, -0.05) is 11.2 Å². The van der Waals surface area contributed by atoms with E-state index in [4.69, 9.17) is 14.5 Å². The second kappa shape index (κ2) is 6.38. The number of ether oxygens (including phenoxy) is 1. The lowest BCUT2D eigenvalue weighted by Crippen LogP contribution is -2.04. The van der Waals surface area contributed by atoms with Crippen molar-refractivity contribution < 1.29 is 14.1 Å². The normalized spacial score (nSPS) is 9.80. The summed E-state index contributed by atoms with van der Waals surface area (Å²) in [4.78, 5) is 11.4. The number of nitriles is 1. The Labute approximate surface area is 115 Å². The standard InChI is InChI=1S/C14H13N3O3/c1-2-19-14(18)13-7-12(20-17-13)9-16-11-5-3-4-10(6-11)8-15/h3-7,16H,2,9H2,1H3. The average Bonchev–Trinajstić information content (AvgIpc) is 2.94. The molecule has 6 heteroatoms. The van der Waals surface area contributed by atoms with Crippen LogP contribution >= 0.6 is 0 Å². The van der Waals surface area contributed by atoms with Gasteiger partial charge in [0, 0.05) is 11.8 Å². The van der Waals surface area contributed by atoms with E-state index in [0.717, 1.165) is 5.69 Å². The fourth-order valence-corrected chi connectivity index (χ4v) is 1.59.